The van der Waals surface area contributed by atoms with E-state index in [-0.39, 0.29) is 22.6 Å². The Labute approximate surface area is 148 Å². The van der Waals surface area contributed by atoms with Crippen LogP contribution in [0.15, 0.2) is 18.2 Å². The molecule has 0 atom stereocenters. The van der Waals surface area contributed by atoms with Gasteiger partial charge in [0.25, 0.3) is 11.6 Å². The molecule has 2 aliphatic rings. The topological polar surface area (TPSA) is 78.7 Å². The quantitative estimate of drug-likeness (QED) is 0.654. The summed E-state index contributed by atoms with van der Waals surface area (Å²) >= 11 is 0. The SMILES string of the molecule is CCN1CCC(NC(=O)c2ccc(N3CCCC3)c([N+](=O)[O-])c2)CC1. The summed E-state index contributed by atoms with van der Waals surface area (Å²) in [5.74, 6) is -0.217. The van der Waals surface area contributed by atoms with Crippen LogP contribution >= 0.6 is 0 Å². The fourth-order valence-electron chi connectivity index (χ4n) is 3.70. The molecule has 7 heteroatoms. The summed E-state index contributed by atoms with van der Waals surface area (Å²) in [6, 6.07) is 4.99. The normalized spacial score (nSPS) is 19.2. The van der Waals surface area contributed by atoms with Gasteiger partial charge in [-0.3, -0.25) is 14.9 Å². The Hall–Kier alpha value is -2.15. The number of carbonyl (C=O) groups is 1. The van der Waals surface area contributed by atoms with Crippen LogP contribution in [0.3, 0.4) is 0 Å². The molecule has 1 aromatic carbocycles. The molecule has 2 aliphatic heterocycles. The zero-order valence-electron chi connectivity index (χ0n) is 14.7. The zero-order valence-corrected chi connectivity index (χ0v) is 14.7. The van der Waals surface area contributed by atoms with Crippen LogP contribution in [0.2, 0.25) is 0 Å². The number of nitrogens with zero attached hydrogens (tertiary/aromatic N) is 3. The Kier molecular flexibility index (Phi) is 5.53. The van der Waals surface area contributed by atoms with E-state index in [1.165, 1.54) is 6.07 Å². The van der Waals surface area contributed by atoms with E-state index < -0.39 is 0 Å². The van der Waals surface area contributed by atoms with E-state index in [0.717, 1.165) is 58.4 Å². The molecule has 0 aromatic heterocycles. The first-order valence-electron chi connectivity index (χ1n) is 9.15. The van der Waals surface area contributed by atoms with Gasteiger partial charge in [-0.15, -0.1) is 0 Å². The maximum Gasteiger partial charge on any atom is 0.293 e. The fourth-order valence-corrected chi connectivity index (χ4v) is 3.70. The summed E-state index contributed by atoms with van der Waals surface area (Å²) < 4.78 is 0. The van der Waals surface area contributed by atoms with Crippen molar-refractivity contribution in [2.45, 2.75) is 38.6 Å². The number of anilines is 1. The lowest BCUT2D eigenvalue weighted by molar-refractivity contribution is -0.384. The Balaban J connectivity index is 1.70. The van der Waals surface area contributed by atoms with Crippen molar-refractivity contribution in [3.05, 3.63) is 33.9 Å². The second kappa shape index (κ2) is 7.82. The van der Waals surface area contributed by atoms with E-state index in [9.17, 15) is 14.9 Å². The van der Waals surface area contributed by atoms with E-state index in [1.54, 1.807) is 12.1 Å². The number of rotatable bonds is 5. The highest BCUT2D eigenvalue weighted by Crippen LogP contribution is 2.31. The number of nitro groups is 1. The van der Waals surface area contributed by atoms with Crippen LogP contribution in [0.1, 0.15) is 43.0 Å². The number of nitro benzene ring substituents is 1. The van der Waals surface area contributed by atoms with Gasteiger partial charge in [0, 0.05) is 43.9 Å². The van der Waals surface area contributed by atoms with Gasteiger partial charge in [0.1, 0.15) is 5.69 Å². The van der Waals surface area contributed by atoms with Crippen LogP contribution < -0.4 is 10.2 Å². The Bertz CT molecular complexity index is 635. The van der Waals surface area contributed by atoms with Crippen LogP contribution in [-0.2, 0) is 0 Å². The maximum atomic E-state index is 12.5. The summed E-state index contributed by atoms with van der Waals surface area (Å²) in [5, 5.41) is 14.5. The van der Waals surface area contributed by atoms with Gasteiger partial charge in [-0.25, -0.2) is 0 Å². The molecule has 0 radical (unpaired) electrons. The predicted octanol–water partition coefficient (Wildman–Crippen LogP) is 2.41. The average Bonchev–Trinajstić information content (AvgIpc) is 3.16. The molecular weight excluding hydrogens is 320 g/mol. The lowest BCUT2D eigenvalue weighted by atomic mass is 10.0. The van der Waals surface area contributed by atoms with Crippen molar-refractivity contribution < 1.29 is 9.72 Å². The van der Waals surface area contributed by atoms with Crippen LogP contribution in [0.25, 0.3) is 0 Å². The highest BCUT2D eigenvalue weighted by atomic mass is 16.6. The molecule has 25 heavy (non-hydrogen) atoms. The summed E-state index contributed by atoms with van der Waals surface area (Å²) in [7, 11) is 0. The summed E-state index contributed by atoms with van der Waals surface area (Å²) in [6.07, 6.45) is 3.95. The second-order valence-corrected chi connectivity index (χ2v) is 6.84. The van der Waals surface area contributed by atoms with Crippen molar-refractivity contribution in [2.75, 3.05) is 37.6 Å². The molecule has 3 rings (SSSR count). The third-order valence-electron chi connectivity index (χ3n) is 5.25. The number of amides is 1. The van der Waals surface area contributed by atoms with Crippen molar-refractivity contribution >= 4 is 17.3 Å². The predicted molar refractivity (Wildman–Crippen MR) is 97.1 cm³/mol. The van der Waals surface area contributed by atoms with Crippen LogP contribution in [0.4, 0.5) is 11.4 Å². The highest BCUT2D eigenvalue weighted by molar-refractivity contribution is 5.96. The number of piperidine rings is 1. The zero-order chi connectivity index (χ0) is 17.8. The minimum absolute atomic E-state index is 0.0235. The van der Waals surface area contributed by atoms with E-state index in [4.69, 9.17) is 0 Å². The van der Waals surface area contributed by atoms with Crippen molar-refractivity contribution in [3.8, 4) is 0 Å². The van der Waals surface area contributed by atoms with Crippen LogP contribution in [0.5, 0.6) is 0 Å². The lowest BCUT2D eigenvalue weighted by Gasteiger charge is -2.31. The Morgan fingerprint density at radius 1 is 1.24 bits per heavy atom. The fraction of sp³-hybridized carbons (Fsp3) is 0.611. The van der Waals surface area contributed by atoms with Gasteiger partial charge in [0.05, 0.1) is 4.92 Å². The first-order valence-corrected chi connectivity index (χ1v) is 9.15. The van der Waals surface area contributed by atoms with Crippen LogP contribution in [0, 0.1) is 10.1 Å². The molecule has 0 bridgehead atoms. The molecule has 1 N–H and O–H groups in total. The molecule has 0 spiro atoms. The Morgan fingerprint density at radius 2 is 1.92 bits per heavy atom. The number of benzene rings is 1. The summed E-state index contributed by atoms with van der Waals surface area (Å²) in [4.78, 5) is 28.0. The minimum Gasteiger partial charge on any atom is -0.366 e. The van der Waals surface area contributed by atoms with Gasteiger partial charge >= 0.3 is 0 Å². The second-order valence-electron chi connectivity index (χ2n) is 6.84. The van der Waals surface area contributed by atoms with E-state index in [1.807, 2.05) is 4.90 Å². The standard InChI is InChI=1S/C18H26N4O3/c1-2-20-11-7-15(8-12-20)19-18(23)14-5-6-16(17(13-14)22(24)25)21-9-3-4-10-21/h5-6,13,15H,2-4,7-12H2,1H3,(H,19,23). The third-order valence-corrected chi connectivity index (χ3v) is 5.25. The van der Waals surface area contributed by atoms with Crippen molar-refractivity contribution in [2.24, 2.45) is 0 Å². The van der Waals surface area contributed by atoms with Crippen LogP contribution in [-0.4, -0.2) is 54.5 Å². The molecule has 2 fully saturated rings. The van der Waals surface area contributed by atoms with E-state index in [0.29, 0.717) is 11.3 Å². The monoisotopic (exact) mass is 346 g/mol. The van der Waals surface area contributed by atoms with Gasteiger partial charge in [-0.1, -0.05) is 6.92 Å². The Morgan fingerprint density at radius 3 is 2.52 bits per heavy atom. The van der Waals surface area contributed by atoms with Crippen molar-refractivity contribution in [3.63, 3.8) is 0 Å². The minimum atomic E-state index is -0.385. The van der Waals surface area contributed by atoms with Gasteiger partial charge in [-0.2, -0.15) is 0 Å². The van der Waals surface area contributed by atoms with Gasteiger partial charge in [-0.05, 0) is 44.4 Å². The average molecular weight is 346 g/mol. The number of carbonyl (C=O) groups excluding carboxylic acids is 1. The first-order chi connectivity index (χ1) is 12.1. The lowest BCUT2D eigenvalue weighted by Crippen LogP contribution is -2.44. The molecule has 2 heterocycles. The number of hydrogen-bond donors (Lipinski definition) is 1. The molecule has 1 amide bonds. The molecular formula is C18H26N4O3. The molecule has 0 aliphatic carbocycles. The molecule has 0 unspecified atom stereocenters. The maximum absolute atomic E-state index is 12.5. The first kappa shape index (κ1) is 17.7. The molecule has 2 saturated heterocycles. The van der Waals surface area contributed by atoms with E-state index in [2.05, 4.69) is 17.1 Å². The number of nitrogens with one attached hydrogen (secondary N) is 1. The molecule has 1 aromatic rings. The van der Waals surface area contributed by atoms with E-state index >= 15 is 0 Å². The smallest absolute Gasteiger partial charge is 0.293 e. The van der Waals surface area contributed by atoms with Gasteiger partial charge < -0.3 is 15.1 Å². The number of hydrogen-bond acceptors (Lipinski definition) is 5. The molecule has 136 valence electrons. The highest BCUT2D eigenvalue weighted by Gasteiger charge is 2.25. The van der Waals surface area contributed by atoms with Gasteiger partial charge in [0.15, 0.2) is 0 Å². The largest absolute Gasteiger partial charge is 0.366 e. The molecule has 7 nitrogen and oxygen atoms in total. The molecule has 0 saturated carbocycles. The van der Waals surface area contributed by atoms with Crippen molar-refractivity contribution in [1.82, 2.24) is 10.2 Å². The number of likely N-dealkylation sites (tertiary alicyclic amines) is 1. The van der Waals surface area contributed by atoms with Crippen molar-refractivity contribution in [1.29, 1.82) is 0 Å². The third kappa shape index (κ3) is 4.10. The summed E-state index contributed by atoms with van der Waals surface area (Å²) in [6.45, 7) is 6.81. The van der Waals surface area contributed by atoms with Gasteiger partial charge in [0.2, 0.25) is 0 Å². The summed E-state index contributed by atoms with van der Waals surface area (Å²) in [5.41, 5.74) is 1.01.